The summed E-state index contributed by atoms with van der Waals surface area (Å²) < 4.78 is 0. The summed E-state index contributed by atoms with van der Waals surface area (Å²) in [5.74, 6) is 0.123. The van der Waals surface area contributed by atoms with Gasteiger partial charge < -0.3 is 0 Å². The molecule has 1 rings (SSSR count). The Balaban J connectivity index is 2.84. The van der Waals surface area contributed by atoms with E-state index in [0.29, 0.717) is 11.3 Å². The number of carbonyl (C=O) groups excluding carboxylic acids is 1. The number of anilines is 1. The second-order valence-electron chi connectivity index (χ2n) is 3.33. The number of Topliss-reactive ketones (excluding diaryl/α,β-unsaturated/α-hetero) is 1. The Hall–Kier alpha value is -1.82. The maximum absolute atomic E-state index is 11.5. The van der Waals surface area contributed by atoms with E-state index < -0.39 is 0 Å². The highest BCUT2D eigenvalue weighted by molar-refractivity contribution is 5.97. The fourth-order valence-electron chi connectivity index (χ4n) is 1.12. The van der Waals surface area contributed by atoms with Crippen LogP contribution in [0.5, 0.6) is 0 Å². The van der Waals surface area contributed by atoms with Gasteiger partial charge in [-0.05, 0) is 24.3 Å². The van der Waals surface area contributed by atoms with Crippen LogP contribution >= 0.6 is 0 Å². The number of carbonyl (C=O) groups is 1. The van der Waals surface area contributed by atoms with Gasteiger partial charge in [0.2, 0.25) is 0 Å². The topological polar surface area (TPSA) is 52.9 Å². The Morgan fingerprint density at radius 2 is 1.93 bits per heavy atom. The fraction of sp³-hybridized carbons (Fsp3) is 0.273. The van der Waals surface area contributed by atoms with Crippen LogP contribution in [0.4, 0.5) is 5.69 Å². The smallest absolute Gasteiger partial charge is 0.181 e. The normalized spacial score (nSPS) is 9.57. The van der Waals surface area contributed by atoms with Crippen LogP contribution in [0.1, 0.15) is 24.2 Å². The summed E-state index contributed by atoms with van der Waals surface area (Å²) in [4.78, 5) is 11.5. The second kappa shape index (κ2) is 4.43. The van der Waals surface area contributed by atoms with Crippen molar-refractivity contribution >= 4 is 11.5 Å². The van der Waals surface area contributed by atoms with Crippen molar-refractivity contribution in [2.24, 2.45) is 5.92 Å². The van der Waals surface area contributed by atoms with E-state index in [9.17, 15) is 4.79 Å². The maximum atomic E-state index is 11.5. The van der Waals surface area contributed by atoms with Crippen LogP contribution in [0.2, 0.25) is 0 Å². The first kappa shape index (κ1) is 10.3. The number of hydrogen-bond donors (Lipinski definition) is 1. The Morgan fingerprint density at radius 1 is 1.36 bits per heavy atom. The van der Waals surface area contributed by atoms with E-state index in [2.05, 4.69) is 5.32 Å². The molecule has 0 spiro atoms. The fourth-order valence-corrected chi connectivity index (χ4v) is 1.12. The molecule has 0 saturated heterocycles. The summed E-state index contributed by atoms with van der Waals surface area (Å²) >= 11 is 0. The molecule has 0 heterocycles. The molecule has 0 bridgehead atoms. The van der Waals surface area contributed by atoms with Crippen LogP contribution < -0.4 is 5.32 Å². The molecule has 1 aromatic rings. The van der Waals surface area contributed by atoms with Crippen LogP contribution in [-0.2, 0) is 0 Å². The quantitative estimate of drug-likeness (QED) is 0.450. The lowest BCUT2D eigenvalue weighted by molar-refractivity contribution is 0.0939. The first-order chi connectivity index (χ1) is 6.65. The summed E-state index contributed by atoms with van der Waals surface area (Å²) in [7, 11) is 0. The molecular formula is C11H12N2O. The molecule has 1 aromatic carbocycles. The second-order valence-corrected chi connectivity index (χ2v) is 3.33. The van der Waals surface area contributed by atoms with Gasteiger partial charge in [0.25, 0.3) is 0 Å². The molecule has 0 unspecified atom stereocenters. The minimum Gasteiger partial charge on any atom is -0.294 e. The van der Waals surface area contributed by atoms with Crippen molar-refractivity contribution in [1.82, 2.24) is 0 Å². The third kappa shape index (κ3) is 2.33. The molecule has 0 fully saturated rings. The van der Waals surface area contributed by atoms with Gasteiger partial charge >= 0.3 is 0 Å². The Morgan fingerprint density at radius 3 is 2.36 bits per heavy atom. The highest BCUT2D eigenvalue weighted by atomic mass is 16.1. The summed E-state index contributed by atoms with van der Waals surface area (Å²) in [6.07, 6.45) is 1.82. The molecule has 3 nitrogen and oxygen atoms in total. The minimum atomic E-state index is 0.00442. The van der Waals surface area contributed by atoms with Gasteiger partial charge in [-0.25, -0.2) is 0 Å². The number of rotatable bonds is 3. The zero-order valence-electron chi connectivity index (χ0n) is 8.24. The number of benzene rings is 1. The molecular weight excluding hydrogens is 176 g/mol. The number of ketones is 1. The zero-order chi connectivity index (χ0) is 10.6. The zero-order valence-corrected chi connectivity index (χ0v) is 8.24. The molecule has 3 heteroatoms. The molecule has 0 aliphatic rings. The molecule has 0 radical (unpaired) electrons. The van der Waals surface area contributed by atoms with Gasteiger partial charge in [-0.3, -0.25) is 10.1 Å². The van der Waals surface area contributed by atoms with Gasteiger partial charge in [0.05, 0.1) is 0 Å². The standard InChI is InChI=1S/C11H12N2O/c1-8(2)11(14)9-3-5-10(6-4-9)13-7-12/h3-6,8,13H,1-2H3. The van der Waals surface area contributed by atoms with Crippen molar-refractivity contribution < 1.29 is 4.79 Å². The first-order valence-electron chi connectivity index (χ1n) is 4.44. The molecule has 0 saturated carbocycles. The molecule has 14 heavy (non-hydrogen) atoms. The first-order valence-corrected chi connectivity index (χ1v) is 4.44. The van der Waals surface area contributed by atoms with Crippen molar-refractivity contribution in [3.63, 3.8) is 0 Å². The Bertz CT molecular complexity index is 360. The van der Waals surface area contributed by atoms with Crippen molar-refractivity contribution in [2.75, 3.05) is 5.32 Å². The highest BCUT2D eigenvalue weighted by Crippen LogP contribution is 2.12. The monoisotopic (exact) mass is 188 g/mol. The molecule has 0 amide bonds. The Labute approximate surface area is 83.4 Å². The lowest BCUT2D eigenvalue weighted by atomic mass is 10.0. The molecule has 0 atom stereocenters. The predicted octanol–water partition coefficient (Wildman–Crippen LogP) is 2.42. The van der Waals surface area contributed by atoms with Crippen molar-refractivity contribution in [2.45, 2.75) is 13.8 Å². The van der Waals surface area contributed by atoms with E-state index in [1.807, 2.05) is 20.0 Å². The SMILES string of the molecule is CC(C)C(=O)c1ccc(NC#N)cc1. The maximum Gasteiger partial charge on any atom is 0.181 e. The third-order valence-electron chi connectivity index (χ3n) is 1.89. The van der Waals surface area contributed by atoms with Crippen LogP contribution in [0.25, 0.3) is 0 Å². The lowest BCUT2D eigenvalue weighted by Gasteiger charge is -2.04. The molecule has 0 aromatic heterocycles. The van der Waals surface area contributed by atoms with Gasteiger partial charge in [0.1, 0.15) is 0 Å². The van der Waals surface area contributed by atoms with Crippen molar-refractivity contribution in [3.8, 4) is 6.19 Å². The lowest BCUT2D eigenvalue weighted by Crippen LogP contribution is -2.06. The van der Waals surface area contributed by atoms with Gasteiger partial charge in [0, 0.05) is 17.2 Å². The van der Waals surface area contributed by atoms with Gasteiger partial charge in [-0.1, -0.05) is 13.8 Å². The van der Waals surface area contributed by atoms with E-state index in [4.69, 9.17) is 5.26 Å². The van der Waals surface area contributed by atoms with Crippen LogP contribution in [-0.4, -0.2) is 5.78 Å². The number of hydrogen-bond acceptors (Lipinski definition) is 3. The van der Waals surface area contributed by atoms with E-state index in [-0.39, 0.29) is 11.7 Å². The van der Waals surface area contributed by atoms with Crippen LogP contribution in [0, 0.1) is 17.4 Å². The molecule has 1 N–H and O–H groups in total. The van der Waals surface area contributed by atoms with E-state index in [0.717, 1.165) is 0 Å². The Kier molecular flexibility index (Phi) is 3.24. The summed E-state index contributed by atoms with van der Waals surface area (Å²) in [6, 6.07) is 6.89. The van der Waals surface area contributed by atoms with E-state index in [1.165, 1.54) is 0 Å². The van der Waals surface area contributed by atoms with Gasteiger partial charge in [-0.15, -0.1) is 0 Å². The molecule has 72 valence electrons. The third-order valence-corrected chi connectivity index (χ3v) is 1.89. The number of nitriles is 1. The predicted molar refractivity (Wildman–Crippen MR) is 54.8 cm³/mol. The summed E-state index contributed by atoms with van der Waals surface area (Å²) in [6.45, 7) is 3.73. The number of nitrogens with one attached hydrogen (secondary N) is 1. The van der Waals surface area contributed by atoms with Crippen LogP contribution in [0.3, 0.4) is 0 Å². The highest BCUT2D eigenvalue weighted by Gasteiger charge is 2.09. The largest absolute Gasteiger partial charge is 0.294 e. The molecule has 0 aliphatic carbocycles. The molecule has 0 aliphatic heterocycles. The van der Waals surface area contributed by atoms with Crippen molar-refractivity contribution in [1.29, 1.82) is 5.26 Å². The summed E-state index contributed by atoms with van der Waals surface area (Å²) in [5, 5.41) is 10.9. The number of nitrogens with zero attached hydrogens (tertiary/aromatic N) is 1. The van der Waals surface area contributed by atoms with Gasteiger partial charge in [-0.2, -0.15) is 5.26 Å². The van der Waals surface area contributed by atoms with Crippen LogP contribution in [0.15, 0.2) is 24.3 Å². The van der Waals surface area contributed by atoms with Gasteiger partial charge in [0.15, 0.2) is 12.0 Å². The van der Waals surface area contributed by atoms with E-state index in [1.54, 1.807) is 24.3 Å². The average Bonchev–Trinajstić information content (AvgIpc) is 2.18. The minimum absolute atomic E-state index is 0.00442. The average molecular weight is 188 g/mol. The van der Waals surface area contributed by atoms with Crippen molar-refractivity contribution in [3.05, 3.63) is 29.8 Å². The summed E-state index contributed by atoms with van der Waals surface area (Å²) in [5.41, 5.74) is 1.39. The van der Waals surface area contributed by atoms with E-state index >= 15 is 0 Å².